The number of hydrogen-bond donors (Lipinski definition) is 0. The minimum absolute atomic E-state index is 0.381. The van der Waals surface area contributed by atoms with Gasteiger partial charge in [0, 0.05) is 24.1 Å². The molecule has 2 aromatic carbocycles. The van der Waals surface area contributed by atoms with Gasteiger partial charge < -0.3 is 18.5 Å². The standard InChI is InChI=1S/C27H31NO6S/c1-4-31-27(34-35(3,29)30)16-12-21-10-13-23(14-11-21)32-18-17-28-20(2)9-15-24(28)26-19-22-7-5-6-8-25(22)33-26/h5-11,13-15,19,27H,4,12,16-18H2,1-3H3. The molecule has 1 unspecified atom stereocenters. The summed E-state index contributed by atoms with van der Waals surface area (Å²) in [5.74, 6) is 1.62. The predicted molar refractivity (Wildman–Crippen MR) is 136 cm³/mol. The van der Waals surface area contributed by atoms with E-state index in [2.05, 4.69) is 29.7 Å². The van der Waals surface area contributed by atoms with E-state index < -0.39 is 16.4 Å². The monoisotopic (exact) mass is 497 g/mol. The van der Waals surface area contributed by atoms with Crippen LogP contribution in [0.25, 0.3) is 22.4 Å². The molecule has 8 heteroatoms. The fourth-order valence-corrected chi connectivity index (χ4v) is 4.56. The number of aromatic nitrogens is 1. The summed E-state index contributed by atoms with van der Waals surface area (Å²) in [7, 11) is -3.57. The van der Waals surface area contributed by atoms with Crippen molar-refractivity contribution in [1.82, 2.24) is 4.57 Å². The number of aryl methyl sites for hydroxylation is 2. The van der Waals surface area contributed by atoms with Gasteiger partial charge in [-0.2, -0.15) is 8.42 Å². The smallest absolute Gasteiger partial charge is 0.266 e. The molecule has 4 rings (SSSR count). The number of fused-ring (bicyclic) bond motifs is 1. The number of furan rings is 1. The lowest BCUT2D eigenvalue weighted by molar-refractivity contribution is -0.0749. The number of ether oxygens (including phenoxy) is 2. The fourth-order valence-electron chi connectivity index (χ4n) is 4.02. The summed E-state index contributed by atoms with van der Waals surface area (Å²) in [6.45, 7) is 5.46. The largest absolute Gasteiger partial charge is 0.492 e. The first kappa shape index (κ1) is 25.0. The van der Waals surface area contributed by atoms with Crippen LogP contribution < -0.4 is 4.74 Å². The second-order valence-electron chi connectivity index (χ2n) is 8.38. The zero-order valence-electron chi connectivity index (χ0n) is 20.3. The van der Waals surface area contributed by atoms with Crippen LogP contribution in [0.15, 0.2) is 71.1 Å². The summed E-state index contributed by atoms with van der Waals surface area (Å²) in [5.41, 5.74) is 4.09. The highest BCUT2D eigenvalue weighted by Crippen LogP contribution is 2.29. The average molecular weight is 498 g/mol. The number of hydrogen-bond acceptors (Lipinski definition) is 6. The first-order valence-electron chi connectivity index (χ1n) is 11.7. The van der Waals surface area contributed by atoms with E-state index in [4.69, 9.17) is 18.1 Å². The van der Waals surface area contributed by atoms with Gasteiger partial charge in [0.15, 0.2) is 12.1 Å². The Bertz CT molecular complexity index is 1320. The maximum absolute atomic E-state index is 11.4. The lowest BCUT2D eigenvalue weighted by atomic mass is 10.1. The van der Waals surface area contributed by atoms with Crippen molar-refractivity contribution in [3.63, 3.8) is 0 Å². The third-order valence-corrected chi connectivity index (χ3v) is 6.25. The molecular weight excluding hydrogens is 466 g/mol. The Kier molecular flexibility index (Phi) is 7.95. The van der Waals surface area contributed by atoms with E-state index in [1.54, 1.807) is 6.92 Å². The maximum Gasteiger partial charge on any atom is 0.266 e. The van der Waals surface area contributed by atoms with E-state index in [0.29, 0.717) is 32.6 Å². The van der Waals surface area contributed by atoms with Crippen molar-refractivity contribution in [3.05, 3.63) is 78.0 Å². The van der Waals surface area contributed by atoms with Crippen molar-refractivity contribution in [1.29, 1.82) is 0 Å². The number of para-hydroxylation sites is 1. The minimum atomic E-state index is -3.57. The Morgan fingerprint density at radius 1 is 1.03 bits per heavy atom. The molecule has 0 aliphatic rings. The topological polar surface area (TPSA) is 79.9 Å². The molecule has 0 spiro atoms. The Hall–Kier alpha value is -3.07. The van der Waals surface area contributed by atoms with Crippen molar-refractivity contribution >= 4 is 21.1 Å². The van der Waals surface area contributed by atoms with Crippen LogP contribution >= 0.6 is 0 Å². The van der Waals surface area contributed by atoms with Crippen molar-refractivity contribution in [2.75, 3.05) is 19.5 Å². The molecule has 0 aliphatic carbocycles. The molecule has 0 fully saturated rings. The third kappa shape index (κ3) is 6.75. The minimum Gasteiger partial charge on any atom is -0.492 e. The van der Waals surface area contributed by atoms with Gasteiger partial charge in [0.2, 0.25) is 0 Å². The first-order chi connectivity index (χ1) is 16.8. The molecule has 1 atom stereocenters. The number of benzene rings is 2. The Morgan fingerprint density at radius 3 is 2.51 bits per heavy atom. The van der Waals surface area contributed by atoms with Gasteiger partial charge in [-0.3, -0.25) is 0 Å². The van der Waals surface area contributed by atoms with Gasteiger partial charge >= 0.3 is 0 Å². The lowest BCUT2D eigenvalue weighted by Crippen LogP contribution is -2.21. The number of nitrogens with zero attached hydrogens (tertiary/aromatic N) is 1. The molecule has 0 saturated heterocycles. The molecule has 4 aromatic rings. The lowest BCUT2D eigenvalue weighted by Gasteiger charge is -2.16. The summed E-state index contributed by atoms with van der Waals surface area (Å²) >= 11 is 0. The van der Waals surface area contributed by atoms with E-state index in [-0.39, 0.29) is 0 Å². The molecule has 186 valence electrons. The van der Waals surface area contributed by atoms with Crippen LogP contribution in [0.1, 0.15) is 24.6 Å². The normalized spacial score (nSPS) is 12.8. The van der Waals surface area contributed by atoms with E-state index in [9.17, 15) is 8.42 Å². The van der Waals surface area contributed by atoms with Gasteiger partial charge in [0.25, 0.3) is 10.1 Å². The summed E-state index contributed by atoms with van der Waals surface area (Å²) in [4.78, 5) is 0. The molecular formula is C27H31NO6S. The molecule has 0 aliphatic heterocycles. The molecule has 2 heterocycles. The Morgan fingerprint density at radius 2 is 1.80 bits per heavy atom. The SMILES string of the molecule is CCOC(CCc1ccc(OCCn2c(C)ccc2-c2cc3ccccc3o2)cc1)OS(C)(=O)=O. The van der Waals surface area contributed by atoms with Crippen molar-refractivity contribution in [3.8, 4) is 17.2 Å². The average Bonchev–Trinajstić information content (AvgIpc) is 3.41. The van der Waals surface area contributed by atoms with Gasteiger partial charge in [-0.1, -0.05) is 30.3 Å². The highest BCUT2D eigenvalue weighted by atomic mass is 32.2. The molecule has 0 bridgehead atoms. The summed E-state index contributed by atoms with van der Waals surface area (Å²) in [6, 6.07) is 22.0. The van der Waals surface area contributed by atoms with Crippen LogP contribution in [0.5, 0.6) is 5.75 Å². The van der Waals surface area contributed by atoms with Crippen LogP contribution in [-0.4, -0.2) is 38.7 Å². The van der Waals surface area contributed by atoms with Crippen molar-refractivity contribution in [2.24, 2.45) is 0 Å². The highest BCUT2D eigenvalue weighted by molar-refractivity contribution is 7.86. The maximum atomic E-state index is 11.4. The van der Waals surface area contributed by atoms with Gasteiger partial charge in [0.05, 0.1) is 18.5 Å². The highest BCUT2D eigenvalue weighted by Gasteiger charge is 2.16. The van der Waals surface area contributed by atoms with Gasteiger partial charge in [-0.25, -0.2) is 4.18 Å². The van der Waals surface area contributed by atoms with Gasteiger partial charge in [-0.15, -0.1) is 0 Å². The van der Waals surface area contributed by atoms with Gasteiger partial charge in [0.1, 0.15) is 17.9 Å². The molecule has 0 radical (unpaired) electrons. The van der Waals surface area contributed by atoms with Crippen molar-refractivity contribution in [2.45, 2.75) is 39.5 Å². The van der Waals surface area contributed by atoms with Crippen LogP contribution in [0, 0.1) is 6.92 Å². The third-order valence-electron chi connectivity index (χ3n) is 5.69. The zero-order chi connectivity index (χ0) is 24.8. The zero-order valence-corrected chi connectivity index (χ0v) is 21.1. The van der Waals surface area contributed by atoms with Crippen LogP contribution in [0.4, 0.5) is 0 Å². The second kappa shape index (κ2) is 11.1. The fraction of sp³-hybridized carbons (Fsp3) is 0.333. The number of rotatable bonds is 12. The van der Waals surface area contributed by atoms with Crippen molar-refractivity contribution < 1.29 is 26.5 Å². The molecule has 0 amide bonds. The molecule has 2 aromatic heterocycles. The van der Waals surface area contributed by atoms with Crippen LogP contribution in [0.2, 0.25) is 0 Å². The van der Waals surface area contributed by atoms with E-state index >= 15 is 0 Å². The molecule has 0 N–H and O–H groups in total. The quantitative estimate of drug-likeness (QED) is 0.188. The molecule has 0 saturated carbocycles. The summed E-state index contributed by atoms with van der Waals surface area (Å²) in [6.07, 6.45) is 1.32. The molecule has 35 heavy (non-hydrogen) atoms. The summed E-state index contributed by atoms with van der Waals surface area (Å²) in [5, 5.41) is 1.08. The molecule has 7 nitrogen and oxygen atoms in total. The van der Waals surface area contributed by atoms with Crippen LogP contribution in [0.3, 0.4) is 0 Å². The summed E-state index contributed by atoms with van der Waals surface area (Å²) < 4.78 is 47.4. The van der Waals surface area contributed by atoms with E-state index in [1.807, 2.05) is 48.5 Å². The van der Waals surface area contributed by atoms with Gasteiger partial charge in [-0.05, 0) is 62.2 Å². The Balaban J connectivity index is 1.33. The second-order valence-corrected chi connectivity index (χ2v) is 9.98. The van der Waals surface area contributed by atoms with Crippen LogP contribution in [-0.2, 0) is 32.0 Å². The first-order valence-corrected chi connectivity index (χ1v) is 13.5. The van der Waals surface area contributed by atoms with E-state index in [0.717, 1.165) is 45.7 Å². The van der Waals surface area contributed by atoms with E-state index in [1.165, 1.54) is 0 Å². The predicted octanol–water partition coefficient (Wildman–Crippen LogP) is 5.56. The Labute approximate surface area is 206 Å².